The second-order valence-corrected chi connectivity index (χ2v) is 8.84. The first-order chi connectivity index (χ1) is 16.2. The van der Waals surface area contributed by atoms with Gasteiger partial charge in [-0.3, -0.25) is 0 Å². The summed E-state index contributed by atoms with van der Waals surface area (Å²) in [6.07, 6.45) is -1.40. The van der Waals surface area contributed by atoms with Gasteiger partial charge >= 0.3 is 0 Å². The van der Waals surface area contributed by atoms with Crippen LogP contribution < -0.4 is 0 Å². The lowest BCUT2D eigenvalue weighted by molar-refractivity contribution is -0.178. The number of hydrogen-bond acceptors (Lipinski definition) is 9. The molecule has 1 aromatic carbocycles. The number of aliphatic hydroxyl groups excluding tert-OH is 3. The Bertz CT molecular complexity index is 1240. The molecule has 0 bridgehead atoms. The minimum absolute atomic E-state index is 0.0153. The maximum atomic E-state index is 13.6. The topological polar surface area (TPSA) is 137 Å². The van der Waals surface area contributed by atoms with Crippen molar-refractivity contribution in [1.82, 2.24) is 20.0 Å². The molecule has 0 amide bonds. The number of thioether (sulfide) groups is 1. The van der Waals surface area contributed by atoms with Gasteiger partial charge in [0.1, 0.15) is 41.6 Å². The molecule has 0 radical (unpaired) electrons. The maximum Gasteiger partial charge on any atom is 0.194 e. The number of nitrogens with zero attached hydrogens (tertiary/aromatic N) is 5. The normalized spacial score (nSPS) is 24.7. The maximum absolute atomic E-state index is 13.6. The minimum atomic E-state index is -1.63. The number of rotatable bonds is 5. The summed E-state index contributed by atoms with van der Waals surface area (Å²) in [5.41, 5.74) is -1.18. The first-order valence-electron chi connectivity index (χ1n) is 9.65. The molecule has 9 nitrogen and oxygen atoms in total. The van der Waals surface area contributed by atoms with E-state index in [1.165, 1.54) is 18.5 Å². The van der Waals surface area contributed by atoms with E-state index < -0.39 is 53.8 Å². The molecule has 0 saturated carbocycles. The molecule has 3 N–H and O–H groups in total. The number of nitriles is 1. The third-order valence-electron chi connectivity index (χ3n) is 5.12. The van der Waals surface area contributed by atoms with Gasteiger partial charge in [0.25, 0.3) is 0 Å². The van der Waals surface area contributed by atoms with Crippen LogP contribution in [0.15, 0.2) is 35.5 Å². The quantitative estimate of drug-likeness (QED) is 0.438. The zero-order valence-electron chi connectivity index (χ0n) is 16.9. The second kappa shape index (κ2) is 9.87. The van der Waals surface area contributed by atoms with E-state index in [-0.39, 0.29) is 22.0 Å². The van der Waals surface area contributed by atoms with Crippen LogP contribution in [0.3, 0.4) is 0 Å². The molecule has 1 saturated heterocycles. The molecule has 1 aliphatic heterocycles. The van der Waals surface area contributed by atoms with Crippen molar-refractivity contribution >= 4 is 23.4 Å². The van der Waals surface area contributed by atoms with E-state index in [1.54, 1.807) is 0 Å². The van der Waals surface area contributed by atoms with E-state index in [4.69, 9.17) is 21.6 Å². The molecule has 34 heavy (non-hydrogen) atoms. The number of ether oxygens (including phenoxy) is 1. The average molecular weight is 514 g/mol. The van der Waals surface area contributed by atoms with Crippen molar-refractivity contribution in [2.24, 2.45) is 0 Å². The lowest BCUT2D eigenvalue weighted by Gasteiger charge is -2.41. The largest absolute Gasteiger partial charge is 0.394 e. The van der Waals surface area contributed by atoms with Crippen molar-refractivity contribution in [3.63, 3.8) is 0 Å². The molecule has 178 valence electrons. The van der Waals surface area contributed by atoms with Gasteiger partial charge in [-0.2, -0.15) is 5.26 Å². The summed E-state index contributed by atoms with van der Waals surface area (Å²) in [6.45, 7) is -0.593. The van der Waals surface area contributed by atoms with Gasteiger partial charge in [0.05, 0.1) is 17.8 Å². The number of halogens is 4. The highest BCUT2D eigenvalue weighted by Crippen LogP contribution is 2.38. The summed E-state index contributed by atoms with van der Waals surface area (Å²) in [5, 5.41) is 48.0. The van der Waals surface area contributed by atoms with E-state index in [2.05, 4.69) is 15.3 Å². The summed E-state index contributed by atoms with van der Waals surface area (Å²) < 4.78 is 47.2. The SMILES string of the molecule is N#Cc1ncc(S[C@H]2OC(CO)[C@H](O)C(n3cc(-c4cc(F)c(F)c(F)c4)nn3)[C@H]2O)cc1Cl. The van der Waals surface area contributed by atoms with Crippen LogP contribution >= 0.6 is 23.4 Å². The van der Waals surface area contributed by atoms with Crippen molar-refractivity contribution in [1.29, 1.82) is 5.26 Å². The Labute approximate surface area is 199 Å². The zero-order valence-corrected chi connectivity index (χ0v) is 18.5. The monoisotopic (exact) mass is 513 g/mol. The third kappa shape index (κ3) is 4.61. The number of hydrogen-bond donors (Lipinski definition) is 3. The van der Waals surface area contributed by atoms with Gasteiger partial charge in [0, 0.05) is 16.7 Å². The highest BCUT2D eigenvalue weighted by Gasteiger charge is 2.46. The van der Waals surface area contributed by atoms with Crippen LogP contribution in [0.4, 0.5) is 13.2 Å². The number of aromatic nitrogens is 4. The van der Waals surface area contributed by atoms with Gasteiger partial charge < -0.3 is 20.1 Å². The molecule has 4 rings (SSSR count). The second-order valence-electron chi connectivity index (χ2n) is 7.27. The first-order valence-corrected chi connectivity index (χ1v) is 10.9. The molecule has 14 heteroatoms. The summed E-state index contributed by atoms with van der Waals surface area (Å²) in [6, 6.07) is 3.57. The van der Waals surface area contributed by atoms with E-state index in [0.29, 0.717) is 4.90 Å². The molecule has 3 aromatic rings. The molecule has 5 atom stereocenters. The van der Waals surface area contributed by atoms with E-state index in [1.807, 2.05) is 6.07 Å². The van der Waals surface area contributed by atoms with Crippen LogP contribution in [0.5, 0.6) is 0 Å². The Hall–Kier alpha value is -2.73. The van der Waals surface area contributed by atoms with Gasteiger partial charge in [-0.1, -0.05) is 28.6 Å². The number of benzene rings is 1. The summed E-state index contributed by atoms with van der Waals surface area (Å²) in [5.74, 6) is -4.46. The highest BCUT2D eigenvalue weighted by atomic mass is 35.5. The van der Waals surface area contributed by atoms with Gasteiger partial charge in [-0.25, -0.2) is 22.8 Å². The van der Waals surface area contributed by atoms with E-state index >= 15 is 0 Å². The Morgan fingerprint density at radius 3 is 2.50 bits per heavy atom. The van der Waals surface area contributed by atoms with Crippen LogP contribution in [-0.4, -0.2) is 65.7 Å². The van der Waals surface area contributed by atoms with Gasteiger partial charge in [0.2, 0.25) is 0 Å². The predicted molar refractivity (Wildman–Crippen MR) is 112 cm³/mol. The molecule has 1 fully saturated rings. The molecule has 1 aliphatic rings. The Kier molecular flexibility index (Phi) is 7.08. The van der Waals surface area contributed by atoms with Gasteiger partial charge in [-0.05, 0) is 18.2 Å². The Morgan fingerprint density at radius 1 is 1.18 bits per heavy atom. The molecular formula is C20H15ClF3N5O4S. The smallest absolute Gasteiger partial charge is 0.194 e. The number of aliphatic hydroxyl groups is 3. The lowest BCUT2D eigenvalue weighted by Crippen LogP contribution is -2.55. The highest BCUT2D eigenvalue weighted by molar-refractivity contribution is 7.99. The average Bonchev–Trinajstić information content (AvgIpc) is 3.29. The molecule has 2 aromatic heterocycles. The van der Waals surface area contributed by atoms with Crippen molar-refractivity contribution < 1.29 is 33.2 Å². The Morgan fingerprint density at radius 2 is 1.88 bits per heavy atom. The fourth-order valence-electron chi connectivity index (χ4n) is 3.44. The summed E-state index contributed by atoms with van der Waals surface area (Å²) >= 11 is 6.98. The fraction of sp³-hybridized carbons (Fsp3) is 0.300. The number of pyridine rings is 1. The van der Waals surface area contributed by atoms with Crippen molar-refractivity contribution in [3.8, 4) is 17.3 Å². The van der Waals surface area contributed by atoms with Crippen LogP contribution in [0, 0.1) is 28.8 Å². The van der Waals surface area contributed by atoms with Crippen LogP contribution in [0.25, 0.3) is 11.3 Å². The van der Waals surface area contributed by atoms with E-state index in [0.717, 1.165) is 28.6 Å². The zero-order chi connectivity index (χ0) is 24.6. The molecule has 0 spiro atoms. The van der Waals surface area contributed by atoms with Crippen LogP contribution in [0.1, 0.15) is 11.7 Å². The predicted octanol–water partition coefficient (Wildman–Crippen LogP) is 2.05. The first kappa shape index (κ1) is 24.4. The third-order valence-corrected chi connectivity index (χ3v) is 6.52. The lowest BCUT2D eigenvalue weighted by atomic mass is 9.97. The van der Waals surface area contributed by atoms with Gasteiger partial charge in [-0.15, -0.1) is 5.10 Å². The summed E-state index contributed by atoms with van der Waals surface area (Å²) in [7, 11) is 0. The van der Waals surface area contributed by atoms with Crippen molar-refractivity contribution in [2.75, 3.05) is 6.61 Å². The van der Waals surface area contributed by atoms with Crippen molar-refractivity contribution in [2.45, 2.75) is 34.7 Å². The van der Waals surface area contributed by atoms with Gasteiger partial charge in [0.15, 0.2) is 23.1 Å². The Balaban J connectivity index is 1.63. The molecule has 0 aliphatic carbocycles. The fourth-order valence-corrected chi connectivity index (χ4v) is 4.78. The van der Waals surface area contributed by atoms with Crippen molar-refractivity contribution in [3.05, 3.63) is 58.8 Å². The standard InChI is InChI=1S/C20H15ClF3N5O4S/c21-10-3-9(5-26-13(10)4-25)34-20-19(32)17(18(31)15(7-30)33-20)29-6-14(27-28-29)8-1-11(22)16(24)12(23)2-8/h1-3,5-6,15,17-20,30-32H,7H2/t15?,17?,18-,19+,20+/m0/s1. The molecule has 2 unspecified atom stereocenters. The van der Waals surface area contributed by atoms with Crippen LogP contribution in [-0.2, 0) is 4.74 Å². The molecule has 3 heterocycles. The summed E-state index contributed by atoms with van der Waals surface area (Å²) in [4.78, 5) is 4.35. The van der Waals surface area contributed by atoms with Crippen LogP contribution in [0.2, 0.25) is 5.02 Å². The van der Waals surface area contributed by atoms with E-state index in [9.17, 15) is 28.5 Å². The minimum Gasteiger partial charge on any atom is -0.394 e. The molecular weight excluding hydrogens is 499 g/mol.